The molecule has 4 bridgehead atoms. The van der Waals surface area contributed by atoms with Crippen molar-refractivity contribution in [2.45, 2.75) is 56.8 Å². The van der Waals surface area contributed by atoms with Crippen molar-refractivity contribution in [2.75, 3.05) is 11.9 Å². The van der Waals surface area contributed by atoms with Crippen LogP contribution in [0.4, 0.5) is 5.69 Å². The first kappa shape index (κ1) is 20.3. The third-order valence-corrected chi connectivity index (χ3v) is 7.98. The number of aryl methyl sites for hydroxylation is 1. The molecule has 1 aromatic carbocycles. The van der Waals surface area contributed by atoms with Crippen LogP contribution in [0.2, 0.25) is 0 Å². The normalized spacial score (nSPS) is 30.2. The lowest BCUT2D eigenvalue weighted by molar-refractivity contribution is -0.131. The van der Waals surface area contributed by atoms with Crippen LogP contribution in [-0.4, -0.2) is 26.8 Å². The Bertz CT molecular complexity index is 906. The summed E-state index contributed by atoms with van der Waals surface area (Å²) < 4.78 is 23.2. The van der Waals surface area contributed by atoms with Gasteiger partial charge in [-0.3, -0.25) is 9.59 Å². The zero-order valence-corrected chi connectivity index (χ0v) is 17.6. The first-order valence-corrected chi connectivity index (χ1v) is 11.9. The van der Waals surface area contributed by atoms with E-state index in [0.717, 1.165) is 37.0 Å². The zero-order chi connectivity index (χ0) is 20.8. The van der Waals surface area contributed by atoms with E-state index in [-0.39, 0.29) is 22.8 Å². The van der Waals surface area contributed by atoms with Crippen molar-refractivity contribution in [3.63, 3.8) is 0 Å². The molecule has 4 fully saturated rings. The molecule has 0 atom stereocenters. The highest BCUT2D eigenvalue weighted by atomic mass is 32.2. The predicted molar refractivity (Wildman–Crippen MR) is 109 cm³/mol. The van der Waals surface area contributed by atoms with Crippen LogP contribution in [-0.2, 0) is 19.6 Å². The third-order valence-electron chi connectivity index (χ3n) is 6.93. The van der Waals surface area contributed by atoms with Gasteiger partial charge in [-0.05, 0) is 86.3 Å². The van der Waals surface area contributed by atoms with Gasteiger partial charge in [0, 0.05) is 12.1 Å². The largest absolute Gasteiger partial charge is 0.347 e. The molecule has 8 heteroatoms. The Labute approximate surface area is 171 Å². The minimum absolute atomic E-state index is 0.0267. The Morgan fingerprint density at radius 2 is 1.66 bits per heavy atom. The van der Waals surface area contributed by atoms with Gasteiger partial charge >= 0.3 is 0 Å². The molecule has 2 amide bonds. The number of primary sulfonamides is 1. The van der Waals surface area contributed by atoms with Crippen molar-refractivity contribution in [3.05, 3.63) is 23.8 Å². The molecule has 4 aliphatic rings. The van der Waals surface area contributed by atoms with Crippen LogP contribution >= 0.6 is 0 Å². The van der Waals surface area contributed by atoms with E-state index in [0.29, 0.717) is 17.7 Å². The standard InChI is InChI=1S/C21H29N3O4S/c1-13-2-3-17(7-18(13)29(22,27)28)24-20(26)12-23-19(25)11-21-8-14-4-15(9-21)6-16(5-14)10-21/h2-3,7,14-16H,4-6,8-12H2,1H3,(H,23,25)(H,24,26)(H2,22,27,28). The number of nitrogens with two attached hydrogens (primary N) is 1. The van der Waals surface area contributed by atoms with Gasteiger partial charge in [0.2, 0.25) is 21.8 Å². The SMILES string of the molecule is Cc1ccc(NC(=O)CNC(=O)CC23CC4CC(CC(C4)C2)C3)cc1S(N)(=O)=O. The van der Waals surface area contributed by atoms with E-state index in [1.54, 1.807) is 19.1 Å². The molecule has 0 unspecified atom stereocenters. The molecule has 0 aliphatic heterocycles. The Hall–Kier alpha value is -1.93. The van der Waals surface area contributed by atoms with Crippen molar-refractivity contribution < 1.29 is 18.0 Å². The number of hydrogen-bond donors (Lipinski definition) is 3. The smallest absolute Gasteiger partial charge is 0.243 e. The predicted octanol–water partition coefficient (Wildman–Crippen LogP) is 2.30. The average molecular weight is 420 g/mol. The monoisotopic (exact) mass is 419 g/mol. The quantitative estimate of drug-likeness (QED) is 0.655. The van der Waals surface area contributed by atoms with Crippen LogP contribution in [0.5, 0.6) is 0 Å². The van der Waals surface area contributed by atoms with Crippen molar-refractivity contribution >= 4 is 27.5 Å². The number of anilines is 1. The molecule has 4 aliphatic carbocycles. The van der Waals surface area contributed by atoms with Crippen LogP contribution in [0.1, 0.15) is 50.5 Å². The highest BCUT2D eigenvalue weighted by molar-refractivity contribution is 7.89. The molecular formula is C21H29N3O4S. The molecule has 0 heterocycles. The summed E-state index contributed by atoms with van der Waals surface area (Å²) >= 11 is 0. The summed E-state index contributed by atoms with van der Waals surface area (Å²) in [6.45, 7) is 1.50. The summed E-state index contributed by atoms with van der Waals surface area (Å²) in [6, 6.07) is 4.53. The van der Waals surface area contributed by atoms with E-state index in [4.69, 9.17) is 5.14 Å². The Morgan fingerprint density at radius 1 is 1.07 bits per heavy atom. The van der Waals surface area contributed by atoms with E-state index >= 15 is 0 Å². The second-order valence-corrected chi connectivity index (χ2v) is 11.0. The van der Waals surface area contributed by atoms with Gasteiger partial charge in [-0.1, -0.05) is 6.07 Å². The number of hydrogen-bond acceptors (Lipinski definition) is 4. The van der Waals surface area contributed by atoms with Crippen molar-refractivity contribution in [2.24, 2.45) is 28.3 Å². The number of carbonyl (C=O) groups excluding carboxylic acids is 2. The second-order valence-electron chi connectivity index (χ2n) is 9.44. The fourth-order valence-electron chi connectivity index (χ4n) is 6.28. The molecule has 158 valence electrons. The molecule has 0 saturated heterocycles. The molecule has 7 nitrogen and oxygen atoms in total. The summed E-state index contributed by atoms with van der Waals surface area (Å²) in [7, 11) is -3.86. The summed E-state index contributed by atoms with van der Waals surface area (Å²) in [4.78, 5) is 24.7. The first-order valence-electron chi connectivity index (χ1n) is 10.3. The summed E-state index contributed by atoms with van der Waals surface area (Å²) in [5, 5.41) is 10.6. The van der Waals surface area contributed by atoms with E-state index in [1.165, 1.54) is 25.3 Å². The summed E-state index contributed by atoms with van der Waals surface area (Å²) in [5.74, 6) is 1.88. The van der Waals surface area contributed by atoms with Gasteiger partial charge < -0.3 is 10.6 Å². The van der Waals surface area contributed by atoms with E-state index < -0.39 is 15.9 Å². The highest BCUT2D eigenvalue weighted by Crippen LogP contribution is 2.61. The number of benzene rings is 1. The second kappa shape index (κ2) is 7.40. The molecule has 4 N–H and O–H groups in total. The minimum Gasteiger partial charge on any atom is -0.347 e. The van der Waals surface area contributed by atoms with Gasteiger partial charge in [0.1, 0.15) is 0 Å². The van der Waals surface area contributed by atoms with Crippen molar-refractivity contribution in [1.29, 1.82) is 0 Å². The third kappa shape index (κ3) is 4.48. The van der Waals surface area contributed by atoms with Gasteiger partial charge in [0.25, 0.3) is 0 Å². The first-order chi connectivity index (χ1) is 13.6. The Kier molecular flexibility index (Phi) is 5.19. The lowest BCUT2D eigenvalue weighted by Crippen LogP contribution is -2.48. The van der Waals surface area contributed by atoms with Gasteiger partial charge in [-0.2, -0.15) is 0 Å². The van der Waals surface area contributed by atoms with Crippen LogP contribution < -0.4 is 15.8 Å². The van der Waals surface area contributed by atoms with E-state index in [9.17, 15) is 18.0 Å². The minimum atomic E-state index is -3.86. The van der Waals surface area contributed by atoms with Gasteiger partial charge in [-0.25, -0.2) is 13.6 Å². The highest BCUT2D eigenvalue weighted by Gasteiger charge is 2.51. The molecule has 5 rings (SSSR count). The molecule has 0 radical (unpaired) electrons. The van der Waals surface area contributed by atoms with Crippen molar-refractivity contribution in [3.8, 4) is 0 Å². The maximum Gasteiger partial charge on any atom is 0.243 e. The van der Waals surface area contributed by atoms with Gasteiger partial charge in [0.05, 0.1) is 11.4 Å². The van der Waals surface area contributed by atoms with Crippen LogP contribution in [0.25, 0.3) is 0 Å². The van der Waals surface area contributed by atoms with E-state index in [2.05, 4.69) is 10.6 Å². The number of amides is 2. The van der Waals surface area contributed by atoms with Crippen LogP contribution in [0, 0.1) is 30.1 Å². The molecule has 0 aromatic heterocycles. The molecular weight excluding hydrogens is 390 g/mol. The molecule has 29 heavy (non-hydrogen) atoms. The number of rotatable bonds is 6. The Balaban J connectivity index is 1.31. The maximum atomic E-state index is 12.5. The fraction of sp³-hybridized carbons (Fsp3) is 0.619. The fourth-order valence-corrected chi connectivity index (χ4v) is 7.09. The average Bonchev–Trinajstić information content (AvgIpc) is 2.59. The molecule has 4 saturated carbocycles. The maximum absolute atomic E-state index is 12.5. The number of sulfonamides is 1. The van der Waals surface area contributed by atoms with Crippen LogP contribution in [0.3, 0.4) is 0 Å². The molecule has 1 aromatic rings. The number of nitrogens with one attached hydrogen (secondary N) is 2. The summed E-state index contributed by atoms with van der Waals surface area (Å²) in [6.07, 6.45) is 7.96. The lowest BCUT2D eigenvalue weighted by atomic mass is 9.49. The number of carbonyl (C=O) groups is 2. The zero-order valence-electron chi connectivity index (χ0n) is 16.7. The van der Waals surface area contributed by atoms with E-state index in [1.807, 2.05) is 0 Å². The van der Waals surface area contributed by atoms with Crippen molar-refractivity contribution in [1.82, 2.24) is 5.32 Å². The van der Waals surface area contributed by atoms with Crippen LogP contribution in [0.15, 0.2) is 23.1 Å². The lowest BCUT2D eigenvalue weighted by Gasteiger charge is -2.56. The summed E-state index contributed by atoms with van der Waals surface area (Å²) in [5.41, 5.74) is 0.978. The topological polar surface area (TPSA) is 118 Å². The Morgan fingerprint density at radius 3 is 2.21 bits per heavy atom. The van der Waals surface area contributed by atoms with Gasteiger partial charge in [-0.15, -0.1) is 0 Å². The molecule has 0 spiro atoms. The van der Waals surface area contributed by atoms with Gasteiger partial charge in [0.15, 0.2) is 0 Å².